The number of ether oxygens (including phenoxy) is 1. The Morgan fingerprint density at radius 1 is 1.50 bits per heavy atom. The molecule has 0 amide bonds. The SMILES string of the molecule is C=C(CO)OC1CCCC1. The molecular formula is C8H14O2. The summed E-state index contributed by atoms with van der Waals surface area (Å²) in [6.45, 7) is 3.52. The van der Waals surface area contributed by atoms with Crippen molar-refractivity contribution in [2.45, 2.75) is 31.8 Å². The lowest BCUT2D eigenvalue weighted by Crippen LogP contribution is -2.08. The van der Waals surface area contributed by atoms with E-state index in [1.165, 1.54) is 12.8 Å². The van der Waals surface area contributed by atoms with E-state index in [1.54, 1.807) is 0 Å². The average molecular weight is 142 g/mol. The van der Waals surface area contributed by atoms with E-state index in [2.05, 4.69) is 6.58 Å². The van der Waals surface area contributed by atoms with Crippen LogP contribution in [0.3, 0.4) is 0 Å². The van der Waals surface area contributed by atoms with Crippen molar-refractivity contribution in [1.29, 1.82) is 0 Å². The van der Waals surface area contributed by atoms with E-state index in [1.807, 2.05) is 0 Å². The fraction of sp³-hybridized carbons (Fsp3) is 0.750. The van der Waals surface area contributed by atoms with E-state index in [9.17, 15) is 0 Å². The number of hydrogen-bond acceptors (Lipinski definition) is 2. The molecule has 1 N–H and O–H groups in total. The molecule has 0 spiro atoms. The lowest BCUT2D eigenvalue weighted by molar-refractivity contribution is 0.0944. The molecule has 1 aliphatic carbocycles. The van der Waals surface area contributed by atoms with Crippen molar-refractivity contribution >= 4 is 0 Å². The van der Waals surface area contributed by atoms with Gasteiger partial charge in [0.05, 0.1) is 12.7 Å². The lowest BCUT2D eigenvalue weighted by atomic mass is 10.3. The lowest BCUT2D eigenvalue weighted by Gasteiger charge is -2.12. The topological polar surface area (TPSA) is 29.5 Å². The minimum atomic E-state index is -0.0451. The summed E-state index contributed by atoms with van der Waals surface area (Å²) in [6.07, 6.45) is 5.09. The summed E-state index contributed by atoms with van der Waals surface area (Å²) >= 11 is 0. The van der Waals surface area contributed by atoms with Gasteiger partial charge in [-0.2, -0.15) is 0 Å². The van der Waals surface area contributed by atoms with Gasteiger partial charge in [0.15, 0.2) is 0 Å². The van der Waals surface area contributed by atoms with Crippen LogP contribution in [0.25, 0.3) is 0 Å². The van der Waals surface area contributed by atoms with Crippen LogP contribution < -0.4 is 0 Å². The quantitative estimate of drug-likeness (QED) is 0.604. The molecule has 1 fully saturated rings. The van der Waals surface area contributed by atoms with Crippen LogP contribution in [0.5, 0.6) is 0 Å². The second kappa shape index (κ2) is 3.62. The first-order valence-electron chi connectivity index (χ1n) is 3.78. The van der Waals surface area contributed by atoms with Crippen LogP contribution in [0, 0.1) is 0 Å². The highest BCUT2D eigenvalue weighted by molar-refractivity contribution is 4.84. The van der Waals surface area contributed by atoms with E-state index in [4.69, 9.17) is 9.84 Å². The molecule has 1 aliphatic rings. The summed E-state index contributed by atoms with van der Waals surface area (Å²) in [5, 5.41) is 8.57. The van der Waals surface area contributed by atoms with Crippen LogP contribution >= 0.6 is 0 Å². The number of aliphatic hydroxyl groups is 1. The molecule has 10 heavy (non-hydrogen) atoms. The molecule has 2 nitrogen and oxygen atoms in total. The maximum atomic E-state index is 8.57. The minimum absolute atomic E-state index is 0.0451. The predicted octanol–water partition coefficient (Wildman–Crippen LogP) is 1.45. The average Bonchev–Trinajstić information content (AvgIpc) is 2.40. The summed E-state index contributed by atoms with van der Waals surface area (Å²) in [5.74, 6) is 0.506. The van der Waals surface area contributed by atoms with Gasteiger partial charge in [0, 0.05) is 0 Å². The Morgan fingerprint density at radius 2 is 2.10 bits per heavy atom. The van der Waals surface area contributed by atoms with Gasteiger partial charge in [0.2, 0.25) is 0 Å². The zero-order valence-electron chi connectivity index (χ0n) is 6.18. The first-order valence-corrected chi connectivity index (χ1v) is 3.78. The third-order valence-electron chi connectivity index (χ3n) is 1.81. The molecule has 0 bridgehead atoms. The van der Waals surface area contributed by atoms with Gasteiger partial charge in [-0.3, -0.25) is 0 Å². The van der Waals surface area contributed by atoms with Crippen LogP contribution in [0.15, 0.2) is 12.3 Å². The van der Waals surface area contributed by atoms with Crippen molar-refractivity contribution < 1.29 is 9.84 Å². The molecule has 2 heteroatoms. The molecular weight excluding hydrogens is 128 g/mol. The summed E-state index contributed by atoms with van der Waals surface area (Å²) in [4.78, 5) is 0. The minimum Gasteiger partial charge on any atom is -0.493 e. The van der Waals surface area contributed by atoms with Gasteiger partial charge in [-0.15, -0.1) is 0 Å². The second-order valence-corrected chi connectivity index (χ2v) is 2.72. The van der Waals surface area contributed by atoms with Gasteiger partial charge in [0.1, 0.15) is 5.76 Å². The van der Waals surface area contributed by atoms with Gasteiger partial charge >= 0.3 is 0 Å². The molecule has 0 aromatic carbocycles. The maximum absolute atomic E-state index is 8.57. The summed E-state index contributed by atoms with van der Waals surface area (Å²) in [5.41, 5.74) is 0. The summed E-state index contributed by atoms with van der Waals surface area (Å²) in [6, 6.07) is 0. The highest BCUT2D eigenvalue weighted by atomic mass is 16.5. The fourth-order valence-corrected chi connectivity index (χ4v) is 1.28. The monoisotopic (exact) mass is 142 g/mol. The zero-order chi connectivity index (χ0) is 7.40. The van der Waals surface area contributed by atoms with Crippen LogP contribution in [-0.4, -0.2) is 17.8 Å². The first-order chi connectivity index (χ1) is 4.83. The van der Waals surface area contributed by atoms with E-state index in [0.29, 0.717) is 11.9 Å². The molecule has 0 radical (unpaired) electrons. The van der Waals surface area contributed by atoms with E-state index < -0.39 is 0 Å². The molecule has 0 aliphatic heterocycles. The molecule has 0 atom stereocenters. The fourth-order valence-electron chi connectivity index (χ4n) is 1.28. The molecule has 0 aromatic heterocycles. The normalized spacial score (nSPS) is 19.3. The van der Waals surface area contributed by atoms with Gasteiger partial charge in [-0.1, -0.05) is 6.58 Å². The predicted molar refractivity (Wildman–Crippen MR) is 39.6 cm³/mol. The Bertz CT molecular complexity index is 114. The third-order valence-corrected chi connectivity index (χ3v) is 1.81. The molecule has 0 heterocycles. The Hall–Kier alpha value is -0.500. The Labute approximate surface area is 61.5 Å². The standard InChI is InChI=1S/C8H14O2/c1-7(6-9)10-8-4-2-3-5-8/h8-9H,1-6H2. The van der Waals surface area contributed by atoms with Crippen LogP contribution in [0.1, 0.15) is 25.7 Å². The zero-order valence-corrected chi connectivity index (χ0v) is 6.18. The van der Waals surface area contributed by atoms with E-state index in [-0.39, 0.29) is 6.61 Å². The van der Waals surface area contributed by atoms with E-state index in [0.717, 1.165) is 12.8 Å². The Balaban J connectivity index is 2.17. The second-order valence-electron chi connectivity index (χ2n) is 2.72. The number of hydrogen-bond donors (Lipinski definition) is 1. The molecule has 0 aromatic rings. The Morgan fingerprint density at radius 3 is 2.60 bits per heavy atom. The van der Waals surface area contributed by atoms with Crippen molar-refractivity contribution in [3.05, 3.63) is 12.3 Å². The van der Waals surface area contributed by atoms with Crippen molar-refractivity contribution in [3.8, 4) is 0 Å². The Kier molecular flexibility index (Phi) is 2.75. The molecule has 1 rings (SSSR count). The van der Waals surface area contributed by atoms with Crippen LogP contribution in [-0.2, 0) is 4.74 Å². The molecule has 58 valence electrons. The smallest absolute Gasteiger partial charge is 0.115 e. The first kappa shape index (κ1) is 7.61. The van der Waals surface area contributed by atoms with Gasteiger partial charge in [-0.25, -0.2) is 0 Å². The van der Waals surface area contributed by atoms with Gasteiger partial charge in [0.25, 0.3) is 0 Å². The van der Waals surface area contributed by atoms with Gasteiger partial charge < -0.3 is 9.84 Å². The highest BCUT2D eigenvalue weighted by Crippen LogP contribution is 2.22. The number of aliphatic hydroxyl groups excluding tert-OH is 1. The van der Waals surface area contributed by atoms with Gasteiger partial charge in [-0.05, 0) is 25.7 Å². The summed E-state index contributed by atoms with van der Waals surface area (Å²) < 4.78 is 5.32. The number of rotatable bonds is 3. The van der Waals surface area contributed by atoms with Crippen molar-refractivity contribution in [2.24, 2.45) is 0 Å². The highest BCUT2D eigenvalue weighted by Gasteiger charge is 2.16. The van der Waals surface area contributed by atoms with Crippen molar-refractivity contribution in [2.75, 3.05) is 6.61 Å². The van der Waals surface area contributed by atoms with Crippen molar-refractivity contribution in [1.82, 2.24) is 0 Å². The molecule has 0 unspecified atom stereocenters. The summed E-state index contributed by atoms with van der Waals surface area (Å²) in [7, 11) is 0. The third kappa shape index (κ3) is 2.03. The van der Waals surface area contributed by atoms with E-state index >= 15 is 0 Å². The molecule has 1 saturated carbocycles. The van der Waals surface area contributed by atoms with Crippen LogP contribution in [0.2, 0.25) is 0 Å². The van der Waals surface area contributed by atoms with Crippen LogP contribution in [0.4, 0.5) is 0 Å². The molecule has 0 saturated heterocycles. The maximum Gasteiger partial charge on any atom is 0.115 e. The largest absolute Gasteiger partial charge is 0.493 e. The van der Waals surface area contributed by atoms with Crippen molar-refractivity contribution in [3.63, 3.8) is 0 Å².